The van der Waals surface area contributed by atoms with Crippen LogP contribution in [0.2, 0.25) is 0 Å². The fourth-order valence-corrected chi connectivity index (χ4v) is 7.92. The van der Waals surface area contributed by atoms with E-state index in [4.69, 9.17) is 14.2 Å². The highest BCUT2D eigenvalue weighted by Crippen LogP contribution is 2.59. The normalized spacial score (nSPS) is 20.0. The van der Waals surface area contributed by atoms with Gasteiger partial charge in [0.05, 0.1) is 27.2 Å². The summed E-state index contributed by atoms with van der Waals surface area (Å²) in [5.41, 5.74) is 4.16. The van der Waals surface area contributed by atoms with Crippen LogP contribution in [0.1, 0.15) is 54.1 Å². The standard InChI is InChI=1S/C40H49N3O5/c1-40(2)32-17-16-30(33(40)26-32)27-43(38(44)31-24-34(46-3)37(48-5)35(25-31)47-4)23-20-41-18-21-42(22-19-41)39(45)36(28-12-8-6-9-13-28)29-14-10-7-11-15-29/h6-16,24-25,32-33,36H,17-23,26-27H2,1-5H3. The maximum Gasteiger partial charge on any atom is 0.254 e. The third-order valence-electron chi connectivity index (χ3n) is 11.0. The Morgan fingerprint density at radius 3 is 1.94 bits per heavy atom. The average molecular weight is 652 g/mol. The Morgan fingerprint density at radius 1 is 0.854 bits per heavy atom. The van der Waals surface area contributed by atoms with E-state index in [9.17, 15) is 9.59 Å². The van der Waals surface area contributed by atoms with Gasteiger partial charge in [0.25, 0.3) is 5.91 Å². The van der Waals surface area contributed by atoms with Crippen LogP contribution in [0.3, 0.4) is 0 Å². The maximum atomic E-state index is 14.3. The number of ether oxygens (including phenoxy) is 3. The van der Waals surface area contributed by atoms with Gasteiger partial charge in [-0.25, -0.2) is 0 Å². The van der Waals surface area contributed by atoms with Gasteiger partial charge in [-0.1, -0.05) is 86.2 Å². The number of allylic oxidation sites excluding steroid dienone is 1. The van der Waals surface area contributed by atoms with Crippen molar-refractivity contribution in [2.24, 2.45) is 17.3 Å². The molecule has 7 rings (SSSR count). The van der Waals surface area contributed by atoms with Crippen LogP contribution in [-0.4, -0.2) is 93.7 Å². The van der Waals surface area contributed by atoms with E-state index in [0.29, 0.717) is 54.9 Å². The quantitative estimate of drug-likeness (QED) is 0.220. The summed E-state index contributed by atoms with van der Waals surface area (Å²) in [4.78, 5) is 34.6. The summed E-state index contributed by atoms with van der Waals surface area (Å²) in [5, 5.41) is 0. The summed E-state index contributed by atoms with van der Waals surface area (Å²) in [6.07, 6.45) is 4.65. The lowest BCUT2D eigenvalue weighted by molar-refractivity contribution is -0.133. The minimum Gasteiger partial charge on any atom is -0.493 e. The molecule has 0 aromatic heterocycles. The first-order chi connectivity index (χ1) is 23.2. The van der Waals surface area contributed by atoms with Gasteiger partial charge >= 0.3 is 0 Å². The Hall–Kier alpha value is -4.30. The van der Waals surface area contributed by atoms with Crippen molar-refractivity contribution in [3.05, 3.63) is 101 Å². The lowest BCUT2D eigenvalue weighted by Crippen LogP contribution is -2.53. The van der Waals surface area contributed by atoms with Crippen molar-refractivity contribution >= 4 is 11.8 Å². The van der Waals surface area contributed by atoms with Crippen molar-refractivity contribution < 1.29 is 23.8 Å². The van der Waals surface area contributed by atoms with Crippen LogP contribution in [0.5, 0.6) is 17.2 Å². The number of amides is 2. The van der Waals surface area contributed by atoms with Crippen LogP contribution in [0, 0.1) is 17.3 Å². The van der Waals surface area contributed by atoms with Gasteiger partial charge in [-0.05, 0) is 53.4 Å². The number of carbonyl (C=O) groups is 2. The van der Waals surface area contributed by atoms with Gasteiger partial charge < -0.3 is 24.0 Å². The van der Waals surface area contributed by atoms with Gasteiger partial charge in [0.2, 0.25) is 11.7 Å². The number of fused-ring (bicyclic) bond motifs is 1. The number of piperazine rings is 1. The lowest BCUT2D eigenvalue weighted by atomic mass is 9.49. The van der Waals surface area contributed by atoms with Crippen molar-refractivity contribution in [2.75, 3.05) is 67.1 Å². The fourth-order valence-electron chi connectivity index (χ4n) is 7.92. The molecule has 1 heterocycles. The van der Waals surface area contributed by atoms with E-state index < -0.39 is 0 Å². The molecule has 2 amide bonds. The molecule has 8 nitrogen and oxygen atoms in total. The molecular formula is C40H49N3O5. The Morgan fingerprint density at radius 2 is 1.44 bits per heavy atom. The SMILES string of the molecule is COc1cc(C(=O)N(CCN2CCN(C(=O)C(c3ccccc3)c3ccccc3)CC2)CC2=CCC3CC2C3(C)C)cc(OC)c1OC. The lowest BCUT2D eigenvalue weighted by Gasteiger charge is -2.57. The van der Waals surface area contributed by atoms with Crippen LogP contribution < -0.4 is 14.2 Å². The minimum atomic E-state index is -0.329. The molecule has 2 unspecified atom stereocenters. The molecule has 3 aromatic rings. The summed E-state index contributed by atoms with van der Waals surface area (Å²) < 4.78 is 16.7. The second-order valence-corrected chi connectivity index (χ2v) is 13.9. The van der Waals surface area contributed by atoms with Crippen LogP contribution in [0.15, 0.2) is 84.4 Å². The Bertz CT molecular complexity index is 1550. The van der Waals surface area contributed by atoms with E-state index in [1.807, 2.05) is 70.5 Å². The zero-order chi connectivity index (χ0) is 33.8. The number of rotatable bonds is 12. The predicted octanol–water partition coefficient (Wildman–Crippen LogP) is 6.12. The highest BCUT2D eigenvalue weighted by molar-refractivity contribution is 5.96. The minimum absolute atomic E-state index is 0.0585. The molecule has 0 radical (unpaired) electrons. The van der Waals surface area contributed by atoms with Gasteiger partial charge in [-0.3, -0.25) is 14.5 Å². The van der Waals surface area contributed by atoms with Crippen molar-refractivity contribution in [1.82, 2.24) is 14.7 Å². The summed E-state index contributed by atoms with van der Waals surface area (Å²) in [5.74, 6) is 2.37. The third-order valence-corrected chi connectivity index (χ3v) is 11.0. The first-order valence-electron chi connectivity index (χ1n) is 17.1. The van der Waals surface area contributed by atoms with Crippen LogP contribution in [0.4, 0.5) is 0 Å². The smallest absolute Gasteiger partial charge is 0.254 e. The van der Waals surface area contributed by atoms with Gasteiger partial charge in [-0.2, -0.15) is 0 Å². The highest BCUT2D eigenvalue weighted by Gasteiger charge is 2.51. The Balaban J connectivity index is 1.16. The van der Waals surface area contributed by atoms with E-state index in [0.717, 1.165) is 43.1 Å². The molecule has 3 aromatic carbocycles. The second kappa shape index (κ2) is 14.4. The van der Waals surface area contributed by atoms with E-state index in [1.165, 1.54) is 12.0 Å². The third kappa shape index (κ3) is 6.68. The topological polar surface area (TPSA) is 71.6 Å². The number of methoxy groups -OCH3 is 3. The first-order valence-corrected chi connectivity index (χ1v) is 17.1. The molecule has 0 spiro atoms. The summed E-state index contributed by atoms with van der Waals surface area (Å²) in [6, 6.07) is 23.6. The molecule has 0 N–H and O–H groups in total. The zero-order valence-electron chi connectivity index (χ0n) is 29.0. The highest BCUT2D eigenvalue weighted by atomic mass is 16.5. The molecule has 254 valence electrons. The number of benzene rings is 3. The van der Waals surface area contributed by atoms with E-state index in [2.05, 4.69) is 24.8 Å². The molecule has 3 aliphatic carbocycles. The molecule has 8 heteroatoms. The van der Waals surface area contributed by atoms with Crippen LogP contribution in [0.25, 0.3) is 0 Å². The Labute approximate surface area is 285 Å². The molecule has 1 saturated carbocycles. The van der Waals surface area contributed by atoms with Crippen LogP contribution >= 0.6 is 0 Å². The van der Waals surface area contributed by atoms with Crippen molar-refractivity contribution in [1.29, 1.82) is 0 Å². The number of hydrogen-bond donors (Lipinski definition) is 0. The molecule has 2 fully saturated rings. The average Bonchev–Trinajstić information content (AvgIpc) is 3.13. The van der Waals surface area contributed by atoms with E-state index in [1.54, 1.807) is 33.5 Å². The second-order valence-electron chi connectivity index (χ2n) is 13.9. The molecular weight excluding hydrogens is 602 g/mol. The fraction of sp³-hybridized carbons (Fsp3) is 0.450. The first kappa shape index (κ1) is 33.6. The largest absolute Gasteiger partial charge is 0.493 e. The Kier molecular flexibility index (Phi) is 10.1. The van der Waals surface area contributed by atoms with Crippen LogP contribution in [-0.2, 0) is 4.79 Å². The van der Waals surface area contributed by atoms with E-state index in [-0.39, 0.29) is 23.1 Å². The molecule has 1 saturated heterocycles. The molecule has 1 aliphatic heterocycles. The summed E-state index contributed by atoms with van der Waals surface area (Å²) >= 11 is 0. The number of hydrogen-bond acceptors (Lipinski definition) is 6. The summed E-state index contributed by atoms with van der Waals surface area (Å²) in [6.45, 7) is 9.46. The van der Waals surface area contributed by atoms with Gasteiger partial charge in [0.15, 0.2) is 11.5 Å². The maximum absolute atomic E-state index is 14.3. The van der Waals surface area contributed by atoms with Crippen molar-refractivity contribution in [3.8, 4) is 17.2 Å². The predicted molar refractivity (Wildman–Crippen MR) is 188 cm³/mol. The molecule has 2 bridgehead atoms. The van der Waals surface area contributed by atoms with Gasteiger partial charge in [0.1, 0.15) is 0 Å². The number of nitrogens with zero attached hydrogens (tertiary/aromatic N) is 3. The molecule has 2 atom stereocenters. The number of carbonyl (C=O) groups excluding carboxylic acids is 2. The molecule has 4 aliphatic rings. The monoisotopic (exact) mass is 651 g/mol. The van der Waals surface area contributed by atoms with Crippen molar-refractivity contribution in [3.63, 3.8) is 0 Å². The van der Waals surface area contributed by atoms with Gasteiger partial charge in [-0.15, -0.1) is 0 Å². The summed E-state index contributed by atoms with van der Waals surface area (Å²) in [7, 11) is 4.70. The molecule has 48 heavy (non-hydrogen) atoms. The van der Waals surface area contributed by atoms with Gasteiger partial charge in [0, 0.05) is 51.4 Å². The van der Waals surface area contributed by atoms with Crippen molar-refractivity contribution in [2.45, 2.75) is 32.6 Å². The zero-order valence-corrected chi connectivity index (χ0v) is 29.0. The van der Waals surface area contributed by atoms with E-state index >= 15 is 0 Å².